The number of nitrogens with one attached hydrogen (secondary N) is 2. The van der Waals surface area contributed by atoms with Crippen molar-refractivity contribution in [3.05, 3.63) is 44.6 Å². The van der Waals surface area contributed by atoms with Crippen molar-refractivity contribution < 1.29 is 19.2 Å². The topological polar surface area (TPSA) is 92.3 Å². The zero-order valence-corrected chi connectivity index (χ0v) is 15.2. The molecule has 0 radical (unpaired) electrons. The van der Waals surface area contributed by atoms with E-state index < -0.39 is 5.97 Å². The van der Waals surface area contributed by atoms with Gasteiger partial charge in [0.1, 0.15) is 15.8 Å². The fraction of sp³-hybridized carbons (Fsp3) is 0.154. The van der Waals surface area contributed by atoms with E-state index in [0.29, 0.717) is 14.3 Å². The first-order valence-corrected chi connectivity index (χ1v) is 8.16. The van der Waals surface area contributed by atoms with Gasteiger partial charge in [0, 0.05) is 5.56 Å². The van der Waals surface area contributed by atoms with Crippen LogP contribution in [0, 0.1) is 0 Å². The number of nitrogens with zero attached hydrogens (tertiary/aromatic N) is 2. The average Bonchev–Trinajstić information content (AvgIpc) is 2.93. The number of hydrogen-bond donors (Lipinski definition) is 2. The van der Waals surface area contributed by atoms with E-state index in [4.69, 9.17) is 0 Å². The molecule has 2 rings (SSSR count). The summed E-state index contributed by atoms with van der Waals surface area (Å²) >= 11 is 3.11. The standard InChI is InChI=1S/C13H13IN4O4S/c1-21-13(20)10(16-22-2)18-9(14)12(23-17-18)15-11(19)8-6-4-3-5-7-8/h3-7,17H,1-2H3,(H,15,19). The van der Waals surface area contributed by atoms with Gasteiger partial charge < -0.3 is 14.9 Å². The molecular formula is C13H13IN4O4S. The minimum absolute atomic E-state index is 0.0872. The second kappa shape index (κ2) is 8.17. The van der Waals surface area contributed by atoms with Crippen molar-refractivity contribution in [3.63, 3.8) is 0 Å². The zero-order valence-electron chi connectivity index (χ0n) is 12.2. The van der Waals surface area contributed by atoms with Gasteiger partial charge in [0.25, 0.3) is 11.7 Å². The van der Waals surface area contributed by atoms with E-state index in [1.165, 1.54) is 19.2 Å². The van der Waals surface area contributed by atoms with Crippen LogP contribution < -0.4 is 10.1 Å². The maximum Gasteiger partial charge on any atom is 0.379 e. The smallest absolute Gasteiger partial charge is 0.379 e. The molecule has 0 fully saturated rings. The largest absolute Gasteiger partial charge is 0.463 e. The number of ether oxygens (including phenoxy) is 1. The van der Waals surface area contributed by atoms with Crippen LogP contribution in [0.25, 0.3) is 0 Å². The number of hydrazine groups is 1. The Morgan fingerprint density at radius 3 is 2.61 bits per heavy atom. The molecule has 1 amide bonds. The van der Waals surface area contributed by atoms with Gasteiger partial charge in [-0.1, -0.05) is 23.4 Å². The van der Waals surface area contributed by atoms with E-state index in [1.807, 2.05) is 28.7 Å². The highest BCUT2D eigenvalue weighted by molar-refractivity contribution is 14.1. The first-order valence-electron chi connectivity index (χ1n) is 6.26. The molecule has 1 aromatic rings. The van der Waals surface area contributed by atoms with Gasteiger partial charge in [-0.3, -0.25) is 4.79 Å². The molecule has 122 valence electrons. The van der Waals surface area contributed by atoms with Gasteiger partial charge >= 0.3 is 5.97 Å². The monoisotopic (exact) mass is 448 g/mol. The van der Waals surface area contributed by atoms with Crippen LogP contribution in [0.2, 0.25) is 0 Å². The Morgan fingerprint density at radius 2 is 2.00 bits per heavy atom. The van der Waals surface area contributed by atoms with Crippen LogP contribution in [0.3, 0.4) is 0 Å². The Labute approximate surface area is 150 Å². The van der Waals surface area contributed by atoms with Crippen LogP contribution in [0.1, 0.15) is 10.4 Å². The van der Waals surface area contributed by atoms with Gasteiger partial charge in [0.05, 0.1) is 7.11 Å². The molecule has 1 aliphatic heterocycles. The van der Waals surface area contributed by atoms with Crippen LogP contribution in [0.15, 0.2) is 44.2 Å². The maximum absolute atomic E-state index is 12.2. The maximum atomic E-state index is 12.2. The molecule has 10 heteroatoms. The van der Waals surface area contributed by atoms with E-state index in [-0.39, 0.29) is 11.7 Å². The van der Waals surface area contributed by atoms with Crippen LogP contribution >= 0.6 is 34.5 Å². The SMILES string of the molecule is CON=C(C(=O)OC)N1NSC(NC(=O)c2ccccc2)=C1I. The third-order valence-electron chi connectivity index (χ3n) is 2.64. The van der Waals surface area contributed by atoms with Gasteiger partial charge in [0.2, 0.25) is 0 Å². The molecule has 0 saturated heterocycles. The van der Waals surface area contributed by atoms with Crippen molar-refractivity contribution in [1.29, 1.82) is 0 Å². The first-order chi connectivity index (χ1) is 11.1. The summed E-state index contributed by atoms with van der Waals surface area (Å²) in [4.78, 5) is 31.4. The van der Waals surface area contributed by atoms with Gasteiger partial charge in [-0.05, 0) is 46.7 Å². The first kappa shape index (κ1) is 17.6. The highest BCUT2D eigenvalue weighted by Gasteiger charge is 2.31. The Bertz CT molecular complexity index is 665. The molecule has 1 aliphatic rings. The minimum Gasteiger partial charge on any atom is -0.463 e. The average molecular weight is 448 g/mol. The number of carbonyl (C=O) groups is 2. The molecule has 0 spiro atoms. The number of amides is 1. The van der Waals surface area contributed by atoms with E-state index in [2.05, 4.69) is 24.9 Å². The number of benzene rings is 1. The van der Waals surface area contributed by atoms with Gasteiger partial charge in [-0.15, -0.1) is 0 Å². The normalized spacial score (nSPS) is 14.7. The summed E-state index contributed by atoms with van der Waals surface area (Å²) in [7, 11) is 2.56. The molecule has 2 N–H and O–H groups in total. The number of halogens is 1. The summed E-state index contributed by atoms with van der Waals surface area (Å²) in [6.07, 6.45) is 0. The van der Waals surface area contributed by atoms with Crippen molar-refractivity contribution in [2.75, 3.05) is 14.2 Å². The lowest BCUT2D eigenvalue weighted by Crippen LogP contribution is -2.39. The van der Waals surface area contributed by atoms with Crippen molar-refractivity contribution >= 4 is 52.3 Å². The van der Waals surface area contributed by atoms with Gasteiger partial charge in [-0.2, -0.15) is 4.83 Å². The quantitative estimate of drug-likeness (QED) is 0.138. The van der Waals surface area contributed by atoms with E-state index >= 15 is 0 Å². The minimum atomic E-state index is -0.676. The molecule has 1 heterocycles. The fourth-order valence-electron chi connectivity index (χ4n) is 1.60. The molecular weight excluding hydrogens is 435 g/mol. The van der Waals surface area contributed by atoms with Crippen molar-refractivity contribution in [2.45, 2.75) is 0 Å². The number of esters is 1. The number of hydrogen-bond acceptors (Lipinski definition) is 7. The molecule has 0 atom stereocenters. The molecule has 1 aromatic carbocycles. The number of rotatable bonds is 3. The number of carbonyl (C=O) groups excluding carboxylic acids is 2. The number of methoxy groups -OCH3 is 1. The van der Waals surface area contributed by atoms with Crippen molar-refractivity contribution in [3.8, 4) is 0 Å². The Hall–Kier alpha value is -1.79. The van der Waals surface area contributed by atoms with Crippen molar-refractivity contribution in [2.24, 2.45) is 5.16 Å². The summed E-state index contributed by atoms with van der Waals surface area (Å²) in [5, 5.41) is 8.31. The van der Waals surface area contributed by atoms with Crippen LogP contribution in [0.4, 0.5) is 0 Å². The lowest BCUT2D eigenvalue weighted by atomic mass is 10.2. The molecule has 0 unspecified atom stereocenters. The lowest BCUT2D eigenvalue weighted by Gasteiger charge is -2.16. The van der Waals surface area contributed by atoms with E-state index in [1.54, 1.807) is 24.3 Å². The summed E-state index contributed by atoms with van der Waals surface area (Å²) in [5.74, 6) is -1.02. The summed E-state index contributed by atoms with van der Waals surface area (Å²) in [5.41, 5.74) is 0.530. The highest BCUT2D eigenvalue weighted by atomic mass is 127. The molecule has 0 saturated carbocycles. The Morgan fingerprint density at radius 1 is 1.30 bits per heavy atom. The fourth-order valence-corrected chi connectivity index (χ4v) is 3.26. The molecule has 23 heavy (non-hydrogen) atoms. The lowest BCUT2D eigenvalue weighted by molar-refractivity contribution is -0.133. The predicted molar refractivity (Wildman–Crippen MR) is 94.0 cm³/mol. The van der Waals surface area contributed by atoms with Crippen LogP contribution in [-0.2, 0) is 14.4 Å². The third kappa shape index (κ3) is 4.14. The molecule has 0 bridgehead atoms. The predicted octanol–water partition coefficient (Wildman–Crippen LogP) is 1.58. The molecule has 0 aromatic heterocycles. The number of amidine groups is 1. The highest BCUT2D eigenvalue weighted by Crippen LogP contribution is 2.30. The van der Waals surface area contributed by atoms with Gasteiger partial charge in [-0.25, -0.2) is 9.80 Å². The second-order valence-corrected chi connectivity index (χ2v) is 5.87. The van der Waals surface area contributed by atoms with E-state index in [9.17, 15) is 9.59 Å². The molecule has 0 aliphatic carbocycles. The second-order valence-electron chi connectivity index (χ2n) is 4.06. The van der Waals surface area contributed by atoms with Crippen molar-refractivity contribution in [1.82, 2.24) is 15.2 Å². The van der Waals surface area contributed by atoms with Gasteiger partial charge in [0.15, 0.2) is 0 Å². The zero-order chi connectivity index (χ0) is 16.8. The summed E-state index contributed by atoms with van der Waals surface area (Å²) in [6, 6.07) is 8.80. The van der Waals surface area contributed by atoms with E-state index in [0.717, 1.165) is 11.9 Å². The Kier molecular flexibility index (Phi) is 6.24. The number of oxime groups is 1. The van der Waals surface area contributed by atoms with Crippen LogP contribution in [-0.4, -0.2) is 36.9 Å². The Balaban J connectivity index is 2.18. The summed E-state index contributed by atoms with van der Waals surface area (Å²) in [6.45, 7) is 0. The molecule has 8 nitrogen and oxygen atoms in total. The summed E-state index contributed by atoms with van der Waals surface area (Å²) < 4.78 is 5.21. The van der Waals surface area contributed by atoms with Crippen LogP contribution in [0.5, 0.6) is 0 Å². The third-order valence-corrected chi connectivity index (χ3v) is 4.80.